The van der Waals surface area contributed by atoms with E-state index < -0.39 is 10.0 Å². The van der Waals surface area contributed by atoms with Crippen molar-refractivity contribution in [2.75, 3.05) is 23.1 Å². The predicted octanol–water partition coefficient (Wildman–Crippen LogP) is 6.69. The van der Waals surface area contributed by atoms with Crippen molar-refractivity contribution in [3.63, 3.8) is 0 Å². The molecule has 0 bridgehead atoms. The standard InChI is InChI=1S/C31H26ClN5O3S/c1-40-29-15-9-7-13-23(29)28-19-27(22-12-6-8-14-26(22)36-41(2,38)39)35-37(28)31-33-25-17-16-21(32)18-24(25)30(34-31)20-10-4-3-5-11-20/h3-18,28,36H,19H2,1-2H3. The zero-order valence-electron chi connectivity index (χ0n) is 22.3. The molecule has 0 radical (unpaired) electrons. The van der Waals surface area contributed by atoms with Gasteiger partial charge in [-0.15, -0.1) is 0 Å². The summed E-state index contributed by atoms with van der Waals surface area (Å²) in [5.74, 6) is 1.11. The zero-order valence-corrected chi connectivity index (χ0v) is 23.9. The second kappa shape index (κ2) is 10.8. The second-order valence-corrected chi connectivity index (χ2v) is 11.9. The number of fused-ring (bicyclic) bond motifs is 1. The molecule has 0 spiro atoms. The number of hydrogen-bond donors (Lipinski definition) is 1. The number of methoxy groups -OCH3 is 1. The number of nitrogens with zero attached hydrogens (tertiary/aromatic N) is 4. The van der Waals surface area contributed by atoms with Crippen molar-refractivity contribution < 1.29 is 13.2 Å². The average Bonchev–Trinajstić information content (AvgIpc) is 3.41. The van der Waals surface area contributed by atoms with E-state index in [1.54, 1.807) is 30.3 Å². The van der Waals surface area contributed by atoms with Crippen molar-refractivity contribution in [3.05, 3.63) is 113 Å². The lowest BCUT2D eigenvalue weighted by Gasteiger charge is -2.24. The van der Waals surface area contributed by atoms with Crippen LogP contribution in [0.5, 0.6) is 5.75 Å². The van der Waals surface area contributed by atoms with Gasteiger partial charge in [0.25, 0.3) is 0 Å². The summed E-state index contributed by atoms with van der Waals surface area (Å²) in [6, 6.07) is 30.1. The van der Waals surface area contributed by atoms with E-state index >= 15 is 0 Å². The first kappa shape index (κ1) is 26.7. The van der Waals surface area contributed by atoms with Gasteiger partial charge in [-0.1, -0.05) is 78.3 Å². The van der Waals surface area contributed by atoms with Gasteiger partial charge in [-0.25, -0.2) is 23.4 Å². The van der Waals surface area contributed by atoms with Crippen LogP contribution in [0.4, 0.5) is 11.6 Å². The lowest BCUT2D eigenvalue weighted by molar-refractivity contribution is 0.405. The third kappa shape index (κ3) is 5.46. The van der Waals surface area contributed by atoms with Crippen molar-refractivity contribution in [2.24, 2.45) is 5.10 Å². The molecule has 10 heteroatoms. The number of para-hydroxylation sites is 2. The third-order valence-corrected chi connectivity index (χ3v) is 7.67. The van der Waals surface area contributed by atoms with Crippen LogP contribution in [0.2, 0.25) is 5.02 Å². The molecule has 8 nitrogen and oxygen atoms in total. The van der Waals surface area contributed by atoms with E-state index in [0.717, 1.165) is 34.0 Å². The fourth-order valence-corrected chi connectivity index (χ4v) is 5.82. The first-order valence-corrected chi connectivity index (χ1v) is 15.2. The number of hydrazone groups is 1. The number of nitrogens with one attached hydrogen (secondary N) is 1. The van der Waals surface area contributed by atoms with Crippen molar-refractivity contribution in [3.8, 4) is 17.0 Å². The highest BCUT2D eigenvalue weighted by atomic mass is 35.5. The molecule has 0 amide bonds. The molecule has 6 rings (SSSR count). The maximum Gasteiger partial charge on any atom is 0.247 e. The number of benzene rings is 4. The van der Waals surface area contributed by atoms with Gasteiger partial charge in [0.05, 0.1) is 42.0 Å². The Morgan fingerprint density at radius 3 is 2.44 bits per heavy atom. The Morgan fingerprint density at radius 2 is 1.66 bits per heavy atom. The van der Waals surface area contributed by atoms with E-state index in [9.17, 15) is 8.42 Å². The second-order valence-electron chi connectivity index (χ2n) is 9.67. The molecule has 1 aromatic heterocycles. The van der Waals surface area contributed by atoms with Gasteiger partial charge in [-0.05, 0) is 30.3 Å². The van der Waals surface area contributed by atoms with Crippen LogP contribution < -0.4 is 14.5 Å². The fraction of sp³-hybridized carbons (Fsp3) is 0.129. The van der Waals surface area contributed by atoms with Crippen LogP contribution in [0.25, 0.3) is 22.2 Å². The number of halogens is 1. The van der Waals surface area contributed by atoms with Gasteiger partial charge in [0, 0.05) is 33.5 Å². The van der Waals surface area contributed by atoms with Crippen LogP contribution in [-0.2, 0) is 10.0 Å². The largest absolute Gasteiger partial charge is 0.496 e. The van der Waals surface area contributed by atoms with Crippen molar-refractivity contribution in [1.29, 1.82) is 0 Å². The highest BCUT2D eigenvalue weighted by molar-refractivity contribution is 7.92. The summed E-state index contributed by atoms with van der Waals surface area (Å²) in [6.07, 6.45) is 1.59. The van der Waals surface area contributed by atoms with Crippen LogP contribution >= 0.6 is 11.6 Å². The van der Waals surface area contributed by atoms with Gasteiger partial charge in [0.15, 0.2) is 0 Å². The molecule has 1 atom stereocenters. The molecule has 0 saturated carbocycles. The Hall–Kier alpha value is -4.47. The van der Waals surface area contributed by atoms with Crippen LogP contribution in [0.3, 0.4) is 0 Å². The first-order valence-electron chi connectivity index (χ1n) is 12.9. The lowest BCUT2D eigenvalue weighted by atomic mass is 9.97. The minimum absolute atomic E-state index is 0.319. The predicted molar refractivity (Wildman–Crippen MR) is 164 cm³/mol. The smallest absolute Gasteiger partial charge is 0.247 e. The highest BCUT2D eigenvalue weighted by Gasteiger charge is 2.35. The molecule has 2 heterocycles. The summed E-state index contributed by atoms with van der Waals surface area (Å²) in [6.45, 7) is 0. The van der Waals surface area contributed by atoms with Crippen molar-refractivity contribution >= 4 is 49.9 Å². The topological polar surface area (TPSA) is 96.8 Å². The van der Waals surface area contributed by atoms with E-state index in [0.29, 0.717) is 40.1 Å². The van der Waals surface area contributed by atoms with E-state index in [-0.39, 0.29) is 6.04 Å². The fourth-order valence-electron chi connectivity index (χ4n) is 5.07. The van der Waals surface area contributed by atoms with Crippen molar-refractivity contribution in [2.45, 2.75) is 12.5 Å². The summed E-state index contributed by atoms with van der Waals surface area (Å²) < 4.78 is 32.6. The number of rotatable bonds is 7. The van der Waals surface area contributed by atoms with E-state index in [4.69, 9.17) is 31.4 Å². The molecule has 1 aliphatic rings. The minimum atomic E-state index is -3.51. The Labute approximate surface area is 243 Å². The maximum absolute atomic E-state index is 12.1. The molecule has 41 heavy (non-hydrogen) atoms. The Morgan fingerprint density at radius 1 is 0.927 bits per heavy atom. The number of aromatic nitrogens is 2. The monoisotopic (exact) mass is 583 g/mol. The Balaban J connectivity index is 1.56. The number of hydrogen-bond acceptors (Lipinski definition) is 7. The summed E-state index contributed by atoms with van der Waals surface area (Å²) in [5.41, 5.74) is 5.10. The molecule has 4 aromatic carbocycles. The first-order chi connectivity index (χ1) is 19.8. The molecule has 1 N–H and O–H groups in total. The maximum atomic E-state index is 12.1. The van der Waals surface area contributed by atoms with Gasteiger partial charge >= 0.3 is 0 Å². The van der Waals surface area contributed by atoms with E-state index in [1.807, 2.05) is 78.9 Å². The molecule has 1 unspecified atom stereocenters. The summed E-state index contributed by atoms with van der Waals surface area (Å²) in [5, 5.41) is 8.23. The third-order valence-electron chi connectivity index (χ3n) is 6.84. The van der Waals surface area contributed by atoms with E-state index in [2.05, 4.69) is 4.72 Å². The van der Waals surface area contributed by atoms with Gasteiger partial charge in [0.1, 0.15) is 5.75 Å². The quantitative estimate of drug-likeness (QED) is 0.229. The summed E-state index contributed by atoms with van der Waals surface area (Å²) >= 11 is 6.38. The van der Waals surface area contributed by atoms with Crippen LogP contribution in [-0.4, -0.2) is 37.5 Å². The molecular formula is C31H26ClN5O3S. The number of ether oxygens (including phenoxy) is 1. The molecule has 0 aliphatic carbocycles. The van der Waals surface area contributed by atoms with Crippen LogP contribution in [0, 0.1) is 0 Å². The molecule has 206 valence electrons. The zero-order chi connectivity index (χ0) is 28.6. The van der Waals surface area contributed by atoms with Gasteiger partial charge in [-0.3, -0.25) is 4.72 Å². The van der Waals surface area contributed by atoms with Gasteiger partial charge in [0.2, 0.25) is 16.0 Å². The molecule has 0 fully saturated rings. The normalized spacial score (nSPS) is 15.1. The Bertz CT molecular complexity index is 1900. The molecule has 1 aliphatic heterocycles. The summed E-state index contributed by atoms with van der Waals surface area (Å²) in [4.78, 5) is 9.95. The highest BCUT2D eigenvalue weighted by Crippen LogP contribution is 2.41. The van der Waals surface area contributed by atoms with Crippen LogP contribution in [0.15, 0.2) is 102 Å². The minimum Gasteiger partial charge on any atom is -0.496 e. The average molecular weight is 584 g/mol. The summed E-state index contributed by atoms with van der Waals surface area (Å²) in [7, 11) is -1.88. The van der Waals surface area contributed by atoms with E-state index in [1.165, 1.54) is 0 Å². The van der Waals surface area contributed by atoms with Crippen molar-refractivity contribution in [1.82, 2.24) is 9.97 Å². The van der Waals surface area contributed by atoms with Gasteiger partial charge in [-0.2, -0.15) is 5.10 Å². The molecule has 5 aromatic rings. The number of anilines is 2. The number of sulfonamides is 1. The SMILES string of the molecule is COc1ccccc1C1CC(c2ccccc2NS(C)(=O)=O)=NN1c1nc(-c2ccccc2)c2cc(Cl)ccc2n1. The lowest BCUT2D eigenvalue weighted by Crippen LogP contribution is -2.21. The van der Waals surface area contributed by atoms with Gasteiger partial charge < -0.3 is 4.74 Å². The Kier molecular flexibility index (Phi) is 7.07. The van der Waals surface area contributed by atoms with Crippen LogP contribution in [0.1, 0.15) is 23.6 Å². The molecule has 0 saturated heterocycles. The molecular weight excluding hydrogens is 558 g/mol.